The van der Waals surface area contributed by atoms with E-state index in [-0.39, 0.29) is 0 Å². The number of rotatable bonds is 4. The van der Waals surface area contributed by atoms with Crippen molar-refractivity contribution in [3.05, 3.63) is 170 Å². The van der Waals surface area contributed by atoms with Crippen molar-refractivity contribution >= 4 is 75.3 Å². The molecule has 0 aliphatic heterocycles. The molecule has 0 atom stereocenters. The first-order valence-corrected chi connectivity index (χ1v) is 18.0. The van der Waals surface area contributed by atoms with E-state index in [0.29, 0.717) is 0 Å². The second kappa shape index (κ2) is 11.0. The Labute approximate surface area is 297 Å². The van der Waals surface area contributed by atoms with Crippen LogP contribution in [-0.2, 0) is 0 Å². The third-order valence-corrected chi connectivity index (χ3v) is 11.5. The van der Waals surface area contributed by atoms with E-state index in [1.165, 1.54) is 47.5 Å². The monoisotopic (exact) mass is 668 g/mol. The molecule has 0 unspecified atom stereocenters. The summed E-state index contributed by atoms with van der Waals surface area (Å²) in [6.07, 6.45) is 0. The first kappa shape index (κ1) is 28.4. The molecule has 0 spiro atoms. The molecule has 4 aromatic heterocycles. The van der Waals surface area contributed by atoms with Crippen molar-refractivity contribution in [3.8, 4) is 39.3 Å². The van der Waals surface area contributed by atoms with Crippen molar-refractivity contribution in [1.29, 1.82) is 0 Å². The second-order valence-electron chi connectivity index (χ2n) is 13.1. The molecule has 0 aliphatic carbocycles. The van der Waals surface area contributed by atoms with Crippen LogP contribution in [0.15, 0.2) is 174 Å². The quantitative estimate of drug-likeness (QED) is 0.187. The van der Waals surface area contributed by atoms with Gasteiger partial charge in [0.1, 0.15) is 11.2 Å². The van der Waals surface area contributed by atoms with Gasteiger partial charge >= 0.3 is 0 Å². The van der Waals surface area contributed by atoms with Gasteiger partial charge in [-0.25, -0.2) is 4.98 Å². The number of furan rings is 1. The van der Waals surface area contributed by atoms with Crippen LogP contribution in [0.3, 0.4) is 0 Å². The highest BCUT2D eigenvalue weighted by atomic mass is 32.1. The van der Waals surface area contributed by atoms with Gasteiger partial charge in [0, 0.05) is 64.6 Å². The van der Waals surface area contributed by atoms with Crippen LogP contribution in [0, 0.1) is 0 Å². The van der Waals surface area contributed by atoms with Crippen molar-refractivity contribution in [1.82, 2.24) is 9.55 Å². The third kappa shape index (κ3) is 4.33. The Morgan fingerprint density at radius 2 is 1.10 bits per heavy atom. The number of para-hydroxylation sites is 2. The largest absolute Gasteiger partial charge is 0.456 e. The Kier molecular flexibility index (Phi) is 6.12. The highest BCUT2D eigenvalue weighted by Crippen LogP contribution is 2.46. The molecule has 4 heterocycles. The number of aromatic nitrogens is 2. The maximum absolute atomic E-state index is 6.34. The van der Waals surface area contributed by atoms with Crippen LogP contribution < -0.4 is 0 Å². The van der Waals surface area contributed by atoms with E-state index in [0.717, 1.165) is 55.7 Å². The number of thiophene rings is 1. The maximum Gasteiger partial charge on any atom is 0.137 e. The van der Waals surface area contributed by atoms with Crippen molar-refractivity contribution in [2.45, 2.75) is 0 Å². The topological polar surface area (TPSA) is 31.0 Å². The SMILES string of the molecule is c1ccc(-c2cc(-c3ccccc3)nc(-c3cccc4c3sc3c4ccc4c3c3ccccc3n4-c3ccc4c(c3)oc3ccccc34)c2)cc1. The zero-order valence-electron chi connectivity index (χ0n) is 27.4. The highest BCUT2D eigenvalue weighted by molar-refractivity contribution is 7.27. The molecule has 51 heavy (non-hydrogen) atoms. The second-order valence-corrected chi connectivity index (χ2v) is 14.1. The Balaban J connectivity index is 1.16. The minimum atomic E-state index is 0.896. The number of fused-ring (bicyclic) bond motifs is 10. The lowest BCUT2D eigenvalue weighted by molar-refractivity contribution is 0.668. The Morgan fingerprint density at radius 3 is 1.96 bits per heavy atom. The van der Waals surface area contributed by atoms with Gasteiger partial charge in [-0.2, -0.15) is 0 Å². The Bertz CT molecular complexity index is 3070. The summed E-state index contributed by atoms with van der Waals surface area (Å²) >= 11 is 1.87. The van der Waals surface area contributed by atoms with Crippen LogP contribution in [0.5, 0.6) is 0 Å². The molecule has 0 fully saturated rings. The number of nitrogens with zero attached hydrogens (tertiary/aromatic N) is 2. The van der Waals surface area contributed by atoms with E-state index in [1.807, 2.05) is 23.5 Å². The number of benzene rings is 7. The first-order chi connectivity index (χ1) is 25.3. The smallest absolute Gasteiger partial charge is 0.137 e. The van der Waals surface area contributed by atoms with E-state index < -0.39 is 0 Å². The zero-order chi connectivity index (χ0) is 33.5. The first-order valence-electron chi connectivity index (χ1n) is 17.2. The lowest BCUT2D eigenvalue weighted by Gasteiger charge is -2.11. The summed E-state index contributed by atoms with van der Waals surface area (Å²) in [5.41, 5.74) is 11.8. The summed E-state index contributed by atoms with van der Waals surface area (Å²) in [5, 5.41) is 7.31. The van der Waals surface area contributed by atoms with Gasteiger partial charge in [0.2, 0.25) is 0 Å². The lowest BCUT2D eigenvalue weighted by atomic mass is 9.99. The molecule has 0 amide bonds. The van der Waals surface area contributed by atoms with Gasteiger partial charge in [-0.05, 0) is 53.6 Å². The lowest BCUT2D eigenvalue weighted by Crippen LogP contribution is -1.93. The van der Waals surface area contributed by atoms with Crippen molar-refractivity contribution in [2.24, 2.45) is 0 Å². The molecule has 11 rings (SSSR count). The van der Waals surface area contributed by atoms with Crippen molar-refractivity contribution in [2.75, 3.05) is 0 Å². The van der Waals surface area contributed by atoms with Gasteiger partial charge in [-0.3, -0.25) is 0 Å². The van der Waals surface area contributed by atoms with E-state index in [4.69, 9.17) is 9.40 Å². The Morgan fingerprint density at radius 1 is 0.431 bits per heavy atom. The van der Waals surface area contributed by atoms with Crippen LogP contribution in [0.2, 0.25) is 0 Å². The summed E-state index contributed by atoms with van der Waals surface area (Å²) in [4.78, 5) is 5.31. The normalized spacial score (nSPS) is 11.9. The standard InChI is InChI=1S/C47H28N2OS/c1-3-12-29(13-4-1)31-26-39(30-14-5-2-6-15-30)48-40(27-31)37-19-11-18-35-36-24-25-42-45(47(36)51-46(35)37)38-17-7-9-20-41(38)49(42)32-22-23-34-33-16-8-10-21-43(33)50-44(34)28-32/h1-28H. The summed E-state index contributed by atoms with van der Waals surface area (Å²) in [5.74, 6) is 0. The van der Waals surface area contributed by atoms with Crippen LogP contribution in [0.4, 0.5) is 0 Å². The van der Waals surface area contributed by atoms with Crippen molar-refractivity contribution < 1.29 is 4.42 Å². The number of pyridine rings is 1. The molecular formula is C47H28N2OS. The maximum atomic E-state index is 6.34. The van der Waals surface area contributed by atoms with Crippen LogP contribution >= 0.6 is 11.3 Å². The predicted molar refractivity (Wildman–Crippen MR) is 215 cm³/mol. The van der Waals surface area contributed by atoms with Crippen LogP contribution in [0.25, 0.3) is 103 Å². The number of hydrogen-bond donors (Lipinski definition) is 0. The average Bonchev–Trinajstić information content (AvgIpc) is 3.87. The zero-order valence-corrected chi connectivity index (χ0v) is 28.2. The van der Waals surface area contributed by atoms with Crippen LogP contribution in [0.1, 0.15) is 0 Å². The minimum absolute atomic E-state index is 0.896. The fraction of sp³-hybridized carbons (Fsp3) is 0. The summed E-state index contributed by atoms with van der Waals surface area (Å²) in [7, 11) is 0. The molecule has 7 aromatic carbocycles. The molecule has 0 aliphatic rings. The third-order valence-electron chi connectivity index (χ3n) is 10.2. The van der Waals surface area contributed by atoms with Gasteiger partial charge in [0.15, 0.2) is 0 Å². The fourth-order valence-electron chi connectivity index (χ4n) is 7.86. The molecular weight excluding hydrogens is 641 g/mol. The molecule has 0 saturated heterocycles. The van der Waals surface area contributed by atoms with Crippen LogP contribution in [-0.4, -0.2) is 9.55 Å². The van der Waals surface area contributed by atoms with Gasteiger partial charge < -0.3 is 8.98 Å². The predicted octanol–water partition coefficient (Wildman–Crippen LogP) is 13.4. The molecule has 0 bridgehead atoms. The molecule has 3 nitrogen and oxygen atoms in total. The molecule has 11 aromatic rings. The summed E-state index contributed by atoms with van der Waals surface area (Å²) < 4.78 is 11.3. The molecule has 0 saturated carbocycles. The average molecular weight is 669 g/mol. The molecule has 0 N–H and O–H groups in total. The van der Waals surface area contributed by atoms with Gasteiger partial charge in [-0.15, -0.1) is 11.3 Å². The van der Waals surface area contributed by atoms with Gasteiger partial charge in [0.25, 0.3) is 0 Å². The Hall–Kier alpha value is -6.49. The highest BCUT2D eigenvalue weighted by Gasteiger charge is 2.20. The molecule has 0 radical (unpaired) electrons. The van der Waals surface area contributed by atoms with E-state index in [1.54, 1.807) is 0 Å². The molecule has 4 heteroatoms. The van der Waals surface area contributed by atoms with E-state index in [9.17, 15) is 0 Å². The number of hydrogen-bond acceptors (Lipinski definition) is 3. The van der Waals surface area contributed by atoms with Crippen molar-refractivity contribution in [3.63, 3.8) is 0 Å². The summed E-state index contributed by atoms with van der Waals surface area (Å²) in [6, 6.07) is 60.5. The van der Waals surface area contributed by atoms with Gasteiger partial charge in [0.05, 0.1) is 22.4 Å². The van der Waals surface area contributed by atoms with E-state index >= 15 is 0 Å². The summed E-state index contributed by atoms with van der Waals surface area (Å²) in [6.45, 7) is 0. The van der Waals surface area contributed by atoms with Gasteiger partial charge in [-0.1, -0.05) is 121 Å². The molecule has 238 valence electrons. The van der Waals surface area contributed by atoms with E-state index in [2.05, 4.69) is 162 Å². The minimum Gasteiger partial charge on any atom is -0.456 e. The fourth-order valence-corrected chi connectivity index (χ4v) is 9.24.